The van der Waals surface area contributed by atoms with E-state index in [0.717, 1.165) is 11.4 Å². The Balaban J connectivity index is 2.46. The van der Waals surface area contributed by atoms with Gasteiger partial charge in [0.25, 0.3) is 0 Å². The van der Waals surface area contributed by atoms with E-state index < -0.39 is 0 Å². The van der Waals surface area contributed by atoms with Gasteiger partial charge in [-0.25, -0.2) is 9.97 Å². The lowest BCUT2D eigenvalue weighted by molar-refractivity contribution is 0.867. The predicted molar refractivity (Wildman–Crippen MR) is 80.6 cm³/mol. The maximum atomic E-state index is 9.07. The highest BCUT2D eigenvalue weighted by Crippen LogP contribution is 2.22. The number of nitrogens with zero attached hydrogens (tertiary/aromatic N) is 4. The van der Waals surface area contributed by atoms with Gasteiger partial charge in [-0.15, -0.1) is 0 Å². The molecule has 0 fully saturated rings. The Hall–Kier alpha value is -2.41. The Morgan fingerprint density at radius 2 is 1.75 bits per heavy atom. The van der Waals surface area contributed by atoms with Crippen molar-refractivity contribution in [2.24, 2.45) is 0 Å². The van der Waals surface area contributed by atoms with Crippen LogP contribution in [0.25, 0.3) is 11.4 Å². The number of hydrogen-bond acceptors (Lipinski definition) is 4. The van der Waals surface area contributed by atoms with Gasteiger partial charge in [-0.05, 0) is 11.5 Å². The average molecular weight is 266 g/mol. The fraction of sp³-hybridized carbons (Fsp3) is 0.312. The third kappa shape index (κ3) is 2.94. The summed E-state index contributed by atoms with van der Waals surface area (Å²) in [5, 5.41) is 9.07. The van der Waals surface area contributed by atoms with E-state index >= 15 is 0 Å². The maximum Gasteiger partial charge on any atom is 0.162 e. The first-order valence-electron chi connectivity index (χ1n) is 6.58. The van der Waals surface area contributed by atoms with Crippen molar-refractivity contribution in [3.63, 3.8) is 0 Å². The van der Waals surface area contributed by atoms with E-state index in [2.05, 4.69) is 42.0 Å². The summed E-state index contributed by atoms with van der Waals surface area (Å²) in [6, 6.07) is 11.9. The molecule has 2 aromatic rings. The molecule has 4 nitrogen and oxygen atoms in total. The standard InChI is InChI=1S/C16H18N4/c1-11(2)12-5-7-13(8-6-12)16-18-14(10-17)9-15(19-16)20(3)4/h5-9,11H,1-4H3. The van der Waals surface area contributed by atoms with Gasteiger partial charge in [-0.1, -0.05) is 38.1 Å². The molecular weight excluding hydrogens is 248 g/mol. The molecule has 102 valence electrons. The summed E-state index contributed by atoms with van der Waals surface area (Å²) in [5.74, 6) is 1.82. The minimum atomic E-state index is 0.381. The molecule has 0 radical (unpaired) electrons. The Kier molecular flexibility index (Phi) is 3.99. The van der Waals surface area contributed by atoms with Crippen LogP contribution < -0.4 is 4.90 Å². The molecule has 0 N–H and O–H groups in total. The Labute approximate surface area is 119 Å². The molecule has 0 aliphatic rings. The maximum absolute atomic E-state index is 9.07. The van der Waals surface area contributed by atoms with Crippen LogP contribution in [0.1, 0.15) is 31.0 Å². The molecular formula is C16H18N4. The van der Waals surface area contributed by atoms with Crippen LogP contribution in [0.5, 0.6) is 0 Å². The van der Waals surface area contributed by atoms with Crippen molar-refractivity contribution in [2.75, 3.05) is 19.0 Å². The van der Waals surface area contributed by atoms with Gasteiger partial charge in [-0.2, -0.15) is 5.26 Å². The highest BCUT2D eigenvalue weighted by atomic mass is 15.1. The molecule has 0 atom stereocenters. The van der Waals surface area contributed by atoms with Crippen molar-refractivity contribution in [2.45, 2.75) is 19.8 Å². The van der Waals surface area contributed by atoms with Gasteiger partial charge in [0.1, 0.15) is 17.6 Å². The monoisotopic (exact) mass is 266 g/mol. The normalized spacial score (nSPS) is 10.4. The molecule has 1 aromatic carbocycles. The summed E-state index contributed by atoms with van der Waals surface area (Å²) in [5.41, 5.74) is 2.58. The molecule has 0 saturated carbocycles. The fourth-order valence-corrected chi connectivity index (χ4v) is 1.87. The molecule has 0 spiro atoms. The highest BCUT2D eigenvalue weighted by molar-refractivity contribution is 5.59. The van der Waals surface area contributed by atoms with Crippen LogP contribution in [0, 0.1) is 11.3 Å². The molecule has 2 rings (SSSR count). The van der Waals surface area contributed by atoms with Crippen LogP contribution in [0.4, 0.5) is 5.82 Å². The van der Waals surface area contributed by atoms with Crippen LogP contribution in [0.2, 0.25) is 0 Å². The van der Waals surface area contributed by atoms with Crippen molar-refractivity contribution in [3.8, 4) is 17.5 Å². The molecule has 1 aromatic heterocycles. The van der Waals surface area contributed by atoms with Gasteiger partial charge >= 0.3 is 0 Å². The first-order valence-corrected chi connectivity index (χ1v) is 6.58. The quantitative estimate of drug-likeness (QED) is 0.856. The number of hydrogen-bond donors (Lipinski definition) is 0. The van der Waals surface area contributed by atoms with E-state index in [4.69, 9.17) is 5.26 Å². The molecule has 0 amide bonds. The number of rotatable bonds is 3. The van der Waals surface area contributed by atoms with Crippen LogP contribution >= 0.6 is 0 Å². The van der Waals surface area contributed by atoms with Crippen molar-refractivity contribution in [1.82, 2.24) is 9.97 Å². The van der Waals surface area contributed by atoms with E-state index in [-0.39, 0.29) is 0 Å². The third-order valence-corrected chi connectivity index (χ3v) is 3.12. The van der Waals surface area contributed by atoms with Gasteiger partial charge in [0.15, 0.2) is 5.82 Å². The van der Waals surface area contributed by atoms with E-state index in [1.807, 2.05) is 31.1 Å². The number of aromatic nitrogens is 2. The van der Waals surface area contributed by atoms with E-state index in [1.165, 1.54) is 5.56 Å². The lowest BCUT2D eigenvalue weighted by atomic mass is 10.0. The van der Waals surface area contributed by atoms with Gasteiger partial charge < -0.3 is 4.90 Å². The van der Waals surface area contributed by atoms with Crippen molar-refractivity contribution < 1.29 is 0 Å². The molecule has 0 saturated heterocycles. The Bertz CT molecular complexity index is 637. The smallest absolute Gasteiger partial charge is 0.162 e. The van der Waals surface area contributed by atoms with Crippen molar-refractivity contribution >= 4 is 5.82 Å². The molecule has 0 aliphatic carbocycles. The summed E-state index contributed by atoms with van der Waals surface area (Å²) in [7, 11) is 3.80. The Morgan fingerprint density at radius 1 is 1.10 bits per heavy atom. The number of anilines is 1. The van der Waals surface area contributed by atoms with Gasteiger partial charge in [-0.3, -0.25) is 0 Å². The summed E-state index contributed by atoms with van der Waals surface area (Å²) in [6.45, 7) is 4.32. The molecule has 0 bridgehead atoms. The van der Waals surface area contributed by atoms with Crippen molar-refractivity contribution in [1.29, 1.82) is 5.26 Å². The Morgan fingerprint density at radius 3 is 2.25 bits per heavy atom. The number of benzene rings is 1. The summed E-state index contributed by atoms with van der Waals surface area (Å²) < 4.78 is 0. The zero-order valence-electron chi connectivity index (χ0n) is 12.3. The third-order valence-electron chi connectivity index (χ3n) is 3.12. The minimum absolute atomic E-state index is 0.381. The average Bonchev–Trinajstić information content (AvgIpc) is 2.46. The SMILES string of the molecule is CC(C)c1ccc(-c2nc(C#N)cc(N(C)C)n2)cc1. The molecule has 20 heavy (non-hydrogen) atoms. The van der Waals surface area contributed by atoms with Crippen LogP contribution in [0.15, 0.2) is 30.3 Å². The second-order valence-electron chi connectivity index (χ2n) is 5.22. The topological polar surface area (TPSA) is 52.8 Å². The van der Waals surface area contributed by atoms with Crippen LogP contribution in [-0.4, -0.2) is 24.1 Å². The zero-order chi connectivity index (χ0) is 14.7. The molecule has 0 aliphatic heterocycles. The molecule has 1 heterocycles. The van der Waals surface area contributed by atoms with E-state index in [1.54, 1.807) is 6.07 Å². The predicted octanol–water partition coefficient (Wildman–Crippen LogP) is 3.20. The molecule has 4 heteroatoms. The van der Waals surface area contributed by atoms with Crippen molar-refractivity contribution in [3.05, 3.63) is 41.6 Å². The second-order valence-corrected chi connectivity index (χ2v) is 5.22. The van der Waals surface area contributed by atoms with Crippen LogP contribution in [0.3, 0.4) is 0 Å². The summed E-state index contributed by atoms with van der Waals surface area (Å²) >= 11 is 0. The fourth-order valence-electron chi connectivity index (χ4n) is 1.87. The lowest BCUT2D eigenvalue weighted by Gasteiger charge is -2.13. The first kappa shape index (κ1) is 14.0. The first-order chi connectivity index (χ1) is 9.51. The largest absolute Gasteiger partial charge is 0.363 e. The van der Waals surface area contributed by atoms with Gasteiger partial charge in [0.2, 0.25) is 0 Å². The van der Waals surface area contributed by atoms with E-state index in [0.29, 0.717) is 17.4 Å². The van der Waals surface area contributed by atoms with Gasteiger partial charge in [0.05, 0.1) is 0 Å². The second kappa shape index (κ2) is 5.70. The van der Waals surface area contributed by atoms with Gasteiger partial charge in [0, 0.05) is 25.7 Å². The summed E-state index contributed by atoms with van der Waals surface area (Å²) in [6.07, 6.45) is 0. The highest BCUT2D eigenvalue weighted by Gasteiger charge is 2.08. The van der Waals surface area contributed by atoms with Crippen LogP contribution in [-0.2, 0) is 0 Å². The number of nitriles is 1. The van der Waals surface area contributed by atoms with E-state index in [9.17, 15) is 0 Å². The molecule has 0 unspecified atom stereocenters. The minimum Gasteiger partial charge on any atom is -0.363 e. The zero-order valence-corrected chi connectivity index (χ0v) is 12.3. The summed E-state index contributed by atoms with van der Waals surface area (Å²) in [4.78, 5) is 10.6. The lowest BCUT2D eigenvalue weighted by Crippen LogP contribution is -2.12.